The Bertz CT molecular complexity index is 168. The second-order valence-electron chi connectivity index (χ2n) is 5.79. The molecule has 0 aromatic rings. The molecular weight excluding hydrogens is 186 g/mol. The fraction of sp³-hybridized carbons (Fsp3) is 1.00. The molecule has 1 unspecified atom stereocenters. The van der Waals surface area contributed by atoms with Crippen molar-refractivity contribution in [2.45, 2.75) is 53.0 Å². The molecule has 1 saturated heterocycles. The average Bonchev–Trinajstić information content (AvgIpc) is 2.18. The van der Waals surface area contributed by atoms with Crippen molar-refractivity contribution in [3.63, 3.8) is 0 Å². The highest BCUT2D eigenvalue weighted by Crippen LogP contribution is 2.22. The Hall–Kier alpha value is -0.0800. The summed E-state index contributed by atoms with van der Waals surface area (Å²) in [5.74, 6) is 0.829. The second kappa shape index (κ2) is 5.86. The van der Waals surface area contributed by atoms with Gasteiger partial charge in [-0.2, -0.15) is 0 Å². The van der Waals surface area contributed by atoms with Crippen LogP contribution in [0.25, 0.3) is 0 Å². The van der Waals surface area contributed by atoms with Gasteiger partial charge in [-0.3, -0.25) is 0 Å². The van der Waals surface area contributed by atoms with Crippen LogP contribution >= 0.6 is 0 Å². The highest BCUT2D eigenvalue weighted by molar-refractivity contribution is 4.80. The zero-order chi connectivity index (χ0) is 11.3. The summed E-state index contributed by atoms with van der Waals surface area (Å²) in [6.07, 6.45) is 3.67. The van der Waals surface area contributed by atoms with Gasteiger partial charge in [-0.1, -0.05) is 27.7 Å². The predicted molar refractivity (Wildman–Crippen MR) is 65.1 cm³/mol. The normalized spacial score (nSPS) is 21.6. The maximum Gasteiger partial charge on any atom is 0.0469 e. The standard InChI is InChI=1S/C13H27NO/c1-5-12(13(2,3)4)14-10-11-6-8-15-9-7-11/h11-12,14H,5-10H2,1-4H3. The van der Waals surface area contributed by atoms with Crippen molar-refractivity contribution in [3.05, 3.63) is 0 Å². The molecule has 1 heterocycles. The van der Waals surface area contributed by atoms with E-state index in [0.29, 0.717) is 11.5 Å². The maximum absolute atomic E-state index is 5.37. The van der Waals surface area contributed by atoms with E-state index in [1.165, 1.54) is 25.8 Å². The van der Waals surface area contributed by atoms with Crippen molar-refractivity contribution in [2.75, 3.05) is 19.8 Å². The topological polar surface area (TPSA) is 21.3 Å². The van der Waals surface area contributed by atoms with Gasteiger partial charge < -0.3 is 10.1 Å². The maximum atomic E-state index is 5.37. The van der Waals surface area contributed by atoms with E-state index in [9.17, 15) is 0 Å². The van der Waals surface area contributed by atoms with Gasteiger partial charge in [0.05, 0.1) is 0 Å². The van der Waals surface area contributed by atoms with Crippen molar-refractivity contribution in [3.8, 4) is 0 Å². The molecule has 0 aromatic heterocycles. The first-order valence-corrected chi connectivity index (χ1v) is 6.35. The zero-order valence-electron chi connectivity index (χ0n) is 10.8. The molecule has 1 atom stereocenters. The van der Waals surface area contributed by atoms with E-state index in [-0.39, 0.29) is 0 Å². The van der Waals surface area contributed by atoms with Crippen molar-refractivity contribution >= 4 is 0 Å². The van der Waals surface area contributed by atoms with Gasteiger partial charge in [0.1, 0.15) is 0 Å². The molecule has 1 aliphatic rings. The van der Waals surface area contributed by atoms with Gasteiger partial charge in [-0.05, 0) is 37.1 Å². The minimum Gasteiger partial charge on any atom is -0.381 e. The minimum absolute atomic E-state index is 0.375. The van der Waals surface area contributed by atoms with Gasteiger partial charge in [0, 0.05) is 19.3 Å². The minimum atomic E-state index is 0.375. The lowest BCUT2D eigenvalue weighted by molar-refractivity contribution is 0.0637. The van der Waals surface area contributed by atoms with Crippen molar-refractivity contribution in [1.82, 2.24) is 5.32 Å². The van der Waals surface area contributed by atoms with Gasteiger partial charge >= 0.3 is 0 Å². The molecule has 2 nitrogen and oxygen atoms in total. The molecule has 0 radical (unpaired) electrons. The smallest absolute Gasteiger partial charge is 0.0469 e. The molecule has 0 bridgehead atoms. The van der Waals surface area contributed by atoms with Crippen LogP contribution in [0.3, 0.4) is 0 Å². The summed E-state index contributed by atoms with van der Waals surface area (Å²) in [5.41, 5.74) is 0.375. The lowest BCUT2D eigenvalue weighted by Crippen LogP contribution is -2.42. The monoisotopic (exact) mass is 213 g/mol. The Morgan fingerprint density at radius 2 is 1.87 bits per heavy atom. The van der Waals surface area contributed by atoms with Crippen molar-refractivity contribution in [2.24, 2.45) is 11.3 Å². The van der Waals surface area contributed by atoms with E-state index >= 15 is 0 Å². The summed E-state index contributed by atoms with van der Waals surface area (Å²) in [6.45, 7) is 12.3. The number of hydrogen-bond donors (Lipinski definition) is 1. The third-order valence-corrected chi connectivity index (χ3v) is 3.45. The van der Waals surface area contributed by atoms with Crippen LogP contribution < -0.4 is 5.32 Å². The molecule has 90 valence electrons. The first-order valence-electron chi connectivity index (χ1n) is 6.35. The van der Waals surface area contributed by atoms with Crippen LogP contribution in [0.1, 0.15) is 47.0 Å². The summed E-state index contributed by atoms with van der Waals surface area (Å²) in [5, 5.41) is 3.72. The molecule has 0 amide bonds. The van der Waals surface area contributed by atoms with Crippen LogP contribution in [0.15, 0.2) is 0 Å². The summed E-state index contributed by atoms with van der Waals surface area (Å²) in [4.78, 5) is 0. The highest BCUT2D eigenvalue weighted by Gasteiger charge is 2.23. The lowest BCUT2D eigenvalue weighted by atomic mass is 9.84. The fourth-order valence-electron chi connectivity index (χ4n) is 2.32. The second-order valence-corrected chi connectivity index (χ2v) is 5.79. The van der Waals surface area contributed by atoms with Gasteiger partial charge in [0.2, 0.25) is 0 Å². The third kappa shape index (κ3) is 4.52. The van der Waals surface area contributed by atoms with E-state index in [1.807, 2.05) is 0 Å². The first kappa shape index (κ1) is 13.0. The van der Waals surface area contributed by atoms with E-state index in [2.05, 4.69) is 33.0 Å². The molecule has 1 N–H and O–H groups in total. The summed E-state index contributed by atoms with van der Waals surface area (Å²) in [6, 6.07) is 0.639. The zero-order valence-corrected chi connectivity index (χ0v) is 10.8. The lowest BCUT2D eigenvalue weighted by Gasteiger charge is -2.33. The third-order valence-electron chi connectivity index (χ3n) is 3.45. The summed E-state index contributed by atoms with van der Waals surface area (Å²) in [7, 11) is 0. The SMILES string of the molecule is CCC(NCC1CCOCC1)C(C)(C)C. The van der Waals surface area contributed by atoms with Gasteiger partial charge in [0.15, 0.2) is 0 Å². The van der Waals surface area contributed by atoms with Crippen LogP contribution in [0.2, 0.25) is 0 Å². The number of rotatable bonds is 4. The number of ether oxygens (including phenoxy) is 1. The van der Waals surface area contributed by atoms with Crippen LogP contribution in [0, 0.1) is 11.3 Å². The van der Waals surface area contributed by atoms with Crippen molar-refractivity contribution < 1.29 is 4.74 Å². The van der Waals surface area contributed by atoms with Gasteiger partial charge in [-0.25, -0.2) is 0 Å². The molecule has 0 saturated carbocycles. The molecular formula is C13H27NO. The molecule has 15 heavy (non-hydrogen) atoms. The van der Waals surface area contributed by atoms with Crippen molar-refractivity contribution in [1.29, 1.82) is 0 Å². The van der Waals surface area contributed by atoms with E-state index in [1.54, 1.807) is 0 Å². The first-order chi connectivity index (χ1) is 7.04. The molecule has 1 fully saturated rings. The fourth-order valence-corrected chi connectivity index (χ4v) is 2.32. The van der Waals surface area contributed by atoms with Crippen LogP contribution in [-0.2, 0) is 4.74 Å². The molecule has 0 aliphatic carbocycles. The number of hydrogen-bond acceptors (Lipinski definition) is 2. The van der Waals surface area contributed by atoms with E-state index in [4.69, 9.17) is 4.74 Å². The van der Waals surface area contributed by atoms with Crippen LogP contribution in [0.4, 0.5) is 0 Å². The van der Waals surface area contributed by atoms with Gasteiger partial charge in [0.25, 0.3) is 0 Å². The molecule has 0 aromatic carbocycles. The van der Waals surface area contributed by atoms with Crippen LogP contribution in [-0.4, -0.2) is 25.8 Å². The largest absolute Gasteiger partial charge is 0.381 e. The molecule has 0 spiro atoms. The van der Waals surface area contributed by atoms with Crippen LogP contribution in [0.5, 0.6) is 0 Å². The molecule has 2 heteroatoms. The Morgan fingerprint density at radius 1 is 1.27 bits per heavy atom. The molecule has 1 rings (SSSR count). The van der Waals surface area contributed by atoms with E-state index in [0.717, 1.165) is 19.1 Å². The quantitative estimate of drug-likeness (QED) is 0.775. The van der Waals surface area contributed by atoms with E-state index < -0.39 is 0 Å². The predicted octanol–water partition coefficient (Wildman–Crippen LogP) is 2.83. The Kier molecular flexibility index (Phi) is 5.07. The molecule has 1 aliphatic heterocycles. The Morgan fingerprint density at radius 3 is 2.33 bits per heavy atom. The Balaban J connectivity index is 2.27. The summed E-state index contributed by atoms with van der Waals surface area (Å²) >= 11 is 0. The Labute approximate surface area is 94.8 Å². The summed E-state index contributed by atoms with van der Waals surface area (Å²) < 4.78 is 5.37. The number of nitrogens with one attached hydrogen (secondary N) is 1. The highest BCUT2D eigenvalue weighted by atomic mass is 16.5. The average molecular weight is 213 g/mol. The van der Waals surface area contributed by atoms with Gasteiger partial charge in [-0.15, -0.1) is 0 Å².